The van der Waals surface area contributed by atoms with E-state index in [9.17, 15) is 4.79 Å². The maximum Gasteiger partial charge on any atom is 0.239 e. The molecule has 4 N–H and O–H groups in total. The Kier molecular flexibility index (Phi) is 5.03. The molecule has 1 rings (SSSR count). The van der Waals surface area contributed by atoms with Crippen molar-refractivity contribution < 1.29 is 9.53 Å². The molecule has 0 aliphatic rings. The number of amides is 1. The molecule has 0 saturated heterocycles. The molecule has 0 heterocycles. The topological polar surface area (TPSA) is 76.4 Å². The van der Waals surface area contributed by atoms with Crippen LogP contribution in [0.15, 0.2) is 18.2 Å². The van der Waals surface area contributed by atoms with Crippen molar-refractivity contribution in [1.82, 2.24) is 5.32 Å². The molecule has 0 radical (unpaired) electrons. The maximum absolute atomic E-state index is 11.7. The molecule has 19 heavy (non-hydrogen) atoms. The average molecular weight is 265 g/mol. The third kappa shape index (κ3) is 5.99. The molecule has 0 aliphatic carbocycles. The highest BCUT2D eigenvalue weighted by Crippen LogP contribution is 2.22. The largest absolute Gasteiger partial charge is 0.494 e. The van der Waals surface area contributed by atoms with Crippen LogP contribution in [0.1, 0.15) is 27.7 Å². The van der Waals surface area contributed by atoms with Crippen LogP contribution in [-0.2, 0) is 4.79 Å². The highest BCUT2D eigenvalue weighted by Gasteiger charge is 2.13. The van der Waals surface area contributed by atoms with Crippen molar-refractivity contribution >= 4 is 17.3 Å². The van der Waals surface area contributed by atoms with Gasteiger partial charge in [0.15, 0.2) is 0 Å². The molecule has 0 unspecified atom stereocenters. The van der Waals surface area contributed by atoms with E-state index in [1.807, 2.05) is 33.8 Å². The number of carbonyl (C=O) groups excluding carboxylic acids is 1. The predicted octanol–water partition coefficient (Wildman–Crippen LogP) is 1.99. The third-order valence-electron chi connectivity index (χ3n) is 2.21. The van der Waals surface area contributed by atoms with Crippen LogP contribution in [0.2, 0.25) is 0 Å². The Morgan fingerprint density at radius 1 is 1.32 bits per heavy atom. The van der Waals surface area contributed by atoms with Crippen molar-refractivity contribution in [2.24, 2.45) is 0 Å². The lowest BCUT2D eigenvalue weighted by molar-refractivity contribution is -0.120. The molecule has 106 valence electrons. The fourth-order valence-electron chi connectivity index (χ4n) is 1.62. The van der Waals surface area contributed by atoms with Crippen LogP contribution < -0.4 is 21.1 Å². The fourth-order valence-corrected chi connectivity index (χ4v) is 1.62. The first kappa shape index (κ1) is 15.1. The molecule has 0 aromatic heterocycles. The highest BCUT2D eigenvalue weighted by atomic mass is 16.5. The van der Waals surface area contributed by atoms with Crippen LogP contribution in [0.3, 0.4) is 0 Å². The molecule has 0 bridgehead atoms. The number of hydrogen-bond acceptors (Lipinski definition) is 4. The molecular formula is C14H23N3O2. The van der Waals surface area contributed by atoms with Gasteiger partial charge in [-0.3, -0.25) is 4.79 Å². The summed E-state index contributed by atoms with van der Waals surface area (Å²) in [6, 6.07) is 5.35. The number of rotatable bonds is 5. The first-order valence-electron chi connectivity index (χ1n) is 6.38. The van der Waals surface area contributed by atoms with Gasteiger partial charge in [-0.15, -0.1) is 0 Å². The Labute approximate surface area is 114 Å². The molecule has 1 aromatic carbocycles. The zero-order valence-electron chi connectivity index (χ0n) is 12.0. The van der Waals surface area contributed by atoms with Gasteiger partial charge < -0.3 is 21.1 Å². The summed E-state index contributed by atoms with van der Waals surface area (Å²) < 4.78 is 5.39. The van der Waals surface area contributed by atoms with Crippen LogP contribution in [-0.4, -0.2) is 24.6 Å². The summed E-state index contributed by atoms with van der Waals surface area (Å²) in [6.07, 6.45) is 0. The molecule has 5 heteroatoms. The molecule has 0 aliphatic heterocycles. The van der Waals surface area contributed by atoms with E-state index in [-0.39, 0.29) is 18.0 Å². The van der Waals surface area contributed by atoms with Crippen molar-refractivity contribution in [3.63, 3.8) is 0 Å². The summed E-state index contributed by atoms with van der Waals surface area (Å²) in [7, 11) is 0. The van der Waals surface area contributed by atoms with Crippen molar-refractivity contribution in [1.29, 1.82) is 0 Å². The van der Waals surface area contributed by atoms with E-state index < -0.39 is 0 Å². The van der Waals surface area contributed by atoms with Crippen LogP contribution in [0, 0.1) is 0 Å². The molecule has 0 fully saturated rings. The van der Waals surface area contributed by atoms with Crippen molar-refractivity contribution in [2.45, 2.75) is 33.2 Å². The van der Waals surface area contributed by atoms with Crippen LogP contribution in [0.25, 0.3) is 0 Å². The van der Waals surface area contributed by atoms with Gasteiger partial charge in [0.2, 0.25) is 5.91 Å². The highest BCUT2D eigenvalue weighted by molar-refractivity contribution is 5.81. The Morgan fingerprint density at radius 3 is 2.58 bits per heavy atom. The minimum Gasteiger partial charge on any atom is -0.494 e. The van der Waals surface area contributed by atoms with Gasteiger partial charge in [-0.25, -0.2) is 0 Å². The Balaban J connectivity index is 2.60. The fraction of sp³-hybridized carbons (Fsp3) is 0.500. The van der Waals surface area contributed by atoms with Gasteiger partial charge in [0.1, 0.15) is 5.75 Å². The standard InChI is InChI=1S/C14H23N3O2/c1-5-19-12-7-10(15)6-11(8-12)16-9-13(18)17-14(2,3)4/h6-8,16H,5,9,15H2,1-4H3,(H,17,18). The zero-order chi connectivity index (χ0) is 14.5. The van der Waals surface area contributed by atoms with E-state index in [4.69, 9.17) is 10.5 Å². The normalized spacial score (nSPS) is 10.9. The van der Waals surface area contributed by atoms with Crippen LogP contribution >= 0.6 is 0 Å². The number of benzene rings is 1. The molecule has 1 aromatic rings. The number of anilines is 2. The van der Waals surface area contributed by atoms with E-state index in [1.165, 1.54) is 0 Å². The van der Waals surface area contributed by atoms with Crippen molar-refractivity contribution in [2.75, 3.05) is 24.2 Å². The second-order valence-corrected chi connectivity index (χ2v) is 5.38. The van der Waals surface area contributed by atoms with E-state index in [1.54, 1.807) is 12.1 Å². The van der Waals surface area contributed by atoms with E-state index in [0.29, 0.717) is 18.0 Å². The van der Waals surface area contributed by atoms with E-state index in [0.717, 1.165) is 5.69 Å². The van der Waals surface area contributed by atoms with Gasteiger partial charge in [0, 0.05) is 29.0 Å². The van der Waals surface area contributed by atoms with E-state index in [2.05, 4.69) is 10.6 Å². The molecule has 0 spiro atoms. The number of nitrogens with one attached hydrogen (secondary N) is 2. The monoisotopic (exact) mass is 265 g/mol. The number of carbonyl (C=O) groups is 1. The summed E-state index contributed by atoms with van der Waals surface area (Å²) in [6.45, 7) is 8.52. The van der Waals surface area contributed by atoms with Crippen molar-refractivity contribution in [3.05, 3.63) is 18.2 Å². The van der Waals surface area contributed by atoms with Gasteiger partial charge >= 0.3 is 0 Å². The summed E-state index contributed by atoms with van der Waals surface area (Å²) in [5, 5.41) is 5.91. The zero-order valence-corrected chi connectivity index (χ0v) is 12.0. The molecule has 1 amide bonds. The second kappa shape index (κ2) is 6.31. The molecular weight excluding hydrogens is 242 g/mol. The lowest BCUT2D eigenvalue weighted by atomic mass is 10.1. The minimum atomic E-state index is -0.231. The Bertz CT molecular complexity index is 439. The Morgan fingerprint density at radius 2 is 2.00 bits per heavy atom. The number of hydrogen-bond donors (Lipinski definition) is 3. The Hall–Kier alpha value is -1.91. The minimum absolute atomic E-state index is 0.0621. The van der Waals surface area contributed by atoms with Gasteiger partial charge in [0.25, 0.3) is 0 Å². The summed E-state index contributed by atoms with van der Waals surface area (Å²) >= 11 is 0. The van der Waals surface area contributed by atoms with Crippen molar-refractivity contribution in [3.8, 4) is 5.75 Å². The predicted molar refractivity (Wildman–Crippen MR) is 78.4 cm³/mol. The first-order valence-corrected chi connectivity index (χ1v) is 6.38. The maximum atomic E-state index is 11.7. The van der Waals surface area contributed by atoms with Crippen LogP contribution in [0.5, 0.6) is 5.75 Å². The van der Waals surface area contributed by atoms with Gasteiger partial charge in [-0.1, -0.05) is 0 Å². The second-order valence-electron chi connectivity index (χ2n) is 5.38. The lowest BCUT2D eigenvalue weighted by Crippen LogP contribution is -2.43. The number of nitrogens with two attached hydrogens (primary N) is 1. The smallest absolute Gasteiger partial charge is 0.239 e. The third-order valence-corrected chi connectivity index (χ3v) is 2.21. The number of ether oxygens (including phenoxy) is 1. The quantitative estimate of drug-likeness (QED) is 0.712. The first-order chi connectivity index (χ1) is 8.80. The molecule has 0 saturated carbocycles. The summed E-state index contributed by atoms with van der Waals surface area (Å²) in [5.41, 5.74) is 6.92. The SMILES string of the molecule is CCOc1cc(N)cc(NCC(=O)NC(C)(C)C)c1. The molecule has 5 nitrogen and oxygen atoms in total. The summed E-state index contributed by atoms with van der Waals surface area (Å²) in [5.74, 6) is 0.633. The van der Waals surface area contributed by atoms with E-state index >= 15 is 0 Å². The van der Waals surface area contributed by atoms with Crippen LogP contribution in [0.4, 0.5) is 11.4 Å². The average Bonchev–Trinajstić information content (AvgIpc) is 2.24. The molecule has 0 atom stereocenters. The number of nitrogen functional groups attached to an aromatic ring is 1. The van der Waals surface area contributed by atoms with Gasteiger partial charge in [-0.05, 0) is 33.8 Å². The lowest BCUT2D eigenvalue weighted by Gasteiger charge is -2.20. The summed E-state index contributed by atoms with van der Waals surface area (Å²) in [4.78, 5) is 11.7. The van der Waals surface area contributed by atoms with Gasteiger partial charge in [-0.2, -0.15) is 0 Å². The van der Waals surface area contributed by atoms with Gasteiger partial charge in [0.05, 0.1) is 13.2 Å².